The molecule has 0 radical (unpaired) electrons. The van der Waals surface area contributed by atoms with E-state index in [4.69, 9.17) is 9.47 Å². The zero-order valence-corrected chi connectivity index (χ0v) is 11.7. The minimum absolute atomic E-state index is 0.506. The summed E-state index contributed by atoms with van der Waals surface area (Å²) in [5.41, 5.74) is 0.570. The van der Waals surface area contributed by atoms with Crippen molar-refractivity contribution in [1.82, 2.24) is 0 Å². The van der Waals surface area contributed by atoms with Gasteiger partial charge >= 0.3 is 12.1 Å². The fraction of sp³-hybridized carbons (Fsp3) is 0.400. The van der Waals surface area contributed by atoms with E-state index < -0.39 is 29.6 Å². The topological polar surface area (TPSA) is 79.6 Å². The van der Waals surface area contributed by atoms with Gasteiger partial charge in [0.1, 0.15) is 0 Å². The number of hydrogen-bond donors (Lipinski definition) is 0. The Balaban J connectivity index is 2.26. The molecule has 1 aromatic carbocycles. The van der Waals surface area contributed by atoms with E-state index >= 15 is 0 Å². The van der Waals surface area contributed by atoms with E-state index in [0.29, 0.717) is 12.1 Å². The first-order valence-corrected chi connectivity index (χ1v) is 6.68. The van der Waals surface area contributed by atoms with Crippen LogP contribution in [0.5, 0.6) is 0 Å². The first kappa shape index (κ1) is 13.4. The molecule has 21 heavy (non-hydrogen) atoms. The Kier molecular flexibility index (Phi) is 2.87. The van der Waals surface area contributed by atoms with E-state index in [-0.39, 0.29) is 0 Å². The number of carbonyl (C=O) groups excluding carboxylic acids is 2. The first-order chi connectivity index (χ1) is 10.1. The number of methoxy groups -OCH3 is 1. The van der Waals surface area contributed by atoms with Crippen molar-refractivity contribution in [3.05, 3.63) is 29.8 Å². The summed E-state index contributed by atoms with van der Waals surface area (Å²) in [7, 11) is 1.27. The summed E-state index contributed by atoms with van der Waals surface area (Å²) in [6, 6.07) is 9.26. The van der Waals surface area contributed by atoms with Gasteiger partial charge in [0, 0.05) is 0 Å². The molecule has 1 aromatic rings. The Labute approximate surface area is 121 Å². The third-order valence-corrected chi connectivity index (χ3v) is 4.40. The lowest BCUT2D eigenvalue weighted by atomic mass is 9.70. The van der Waals surface area contributed by atoms with Crippen LogP contribution in [0, 0.1) is 17.2 Å². The number of ether oxygens (including phenoxy) is 2. The summed E-state index contributed by atoms with van der Waals surface area (Å²) in [5, 5.41) is 9.40. The van der Waals surface area contributed by atoms with Gasteiger partial charge in [-0.2, -0.15) is 5.26 Å². The molecular weight excluding hydrogens is 272 g/mol. The molecule has 2 heterocycles. The van der Waals surface area contributed by atoms with Gasteiger partial charge in [-0.3, -0.25) is 4.79 Å². The number of nitriles is 1. The highest BCUT2D eigenvalue weighted by Gasteiger charge is 2.66. The van der Waals surface area contributed by atoms with Crippen molar-refractivity contribution in [3.63, 3.8) is 0 Å². The molecule has 6 heteroatoms. The quantitative estimate of drug-likeness (QED) is 0.737. The molecule has 0 bridgehead atoms. The van der Waals surface area contributed by atoms with Crippen LogP contribution in [0.3, 0.4) is 0 Å². The number of fused-ring (bicyclic) bond motifs is 3. The number of carbonyl (C=O) groups is 2. The van der Waals surface area contributed by atoms with Crippen molar-refractivity contribution in [1.29, 1.82) is 5.26 Å². The average molecular weight is 286 g/mol. The maximum atomic E-state index is 12.1. The summed E-state index contributed by atoms with van der Waals surface area (Å²) in [5.74, 6) is -1.52. The standard InChI is InChI=1S/C15H14N2O4/c1-3-15-9-6-4-5-7-11(9)17(14(19)20-2)13(15)21-12(18)10(15)8-16/h4-7,10,13H,3H2,1-2H3/t10-,13-,15+/m1/s1. The SMILES string of the molecule is CC[C@@]12c3ccccc3N(C(=O)OC)[C@@H]1OC(=O)[C@H]2C#N. The lowest BCUT2D eigenvalue weighted by Crippen LogP contribution is -2.46. The van der Waals surface area contributed by atoms with Crippen molar-refractivity contribution in [2.24, 2.45) is 5.92 Å². The highest BCUT2D eigenvalue weighted by Crippen LogP contribution is 2.55. The predicted octanol–water partition coefficient (Wildman–Crippen LogP) is 1.94. The van der Waals surface area contributed by atoms with Gasteiger partial charge < -0.3 is 9.47 Å². The predicted molar refractivity (Wildman–Crippen MR) is 72.3 cm³/mol. The molecule has 3 atom stereocenters. The number of nitrogens with zero attached hydrogens (tertiary/aromatic N) is 2. The second-order valence-corrected chi connectivity index (χ2v) is 5.10. The molecule has 0 saturated carbocycles. The highest BCUT2D eigenvalue weighted by atomic mass is 16.6. The normalized spacial score (nSPS) is 29.4. The second-order valence-electron chi connectivity index (χ2n) is 5.10. The maximum absolute atomic E-state index is 12.1. The van der Waals surface area contributed by atoms with Gasteiger partial charge in [-0.25, -0.2) is 9.69 Å². The molecule has 6 nitrogen and oxygen atoms in total. The first-order valence-electron chi connectivity index (χ1n) is 6.68. The molecule has 3 rings (SSSR count). The maximum Gasteiger partial charge on any atom is 0.417 e. The zero-order valence-electron chi connectivity index (χ0n) is 11.7. The van der Waals surface area contributed by atoms with Gasteiger partial charge in [0.05, 0.1) is 24.3 Å². The molecule has 2 aliphatic rings. The Bertz CT molecular complexity index is 666. The van der Waals surface area contributed by atoms with Gasteiger partial charge in [-0.1, -0.05) is 25.1 Å². The number of benzene rings is 1. The number of rotatable bonds is 1. The fourth-order valence-corrected chi connectivity index (χ4v) is 3.44. The lowest BCUT2D eigenvalue weighted by molar-refractivity contribution is -0.142. The van der Waals surface area contributed by atoms with Crippen LogP contribution in [-0.2, 0) is 19.7 Å². The van der Waals surface area contributed by atoms with Gasteiger partial charge in [-0.05, 0) is 18.1 Å². The minimum Gasteiger partial charge on any atom is -0.452 e. The molecule has 0 spiro atoms. The second kappa shape index (κ2) is 4.48. The summed E-state index contributed by atoms with van der Waals surface area (Å²) in [6.45, 7) is 1.89. The van der Waals surface area contributed by atoms with E-state index in [1.165, 1.54) is 12.0 Å². The lowest BCUT2D eigenvalue weighted by Gasteiger charge is -2.29. The molecule has 1 saturated heterocycles. The number of anilines is 1. The highest BCUT2D eigenvalue weighted by molar-refractivity contribution is 5.96. The van der Waals surface area contributed by atoms with Crippen LogP contribution in [0.25, 0.3) is 0 Å². The van der Waals surface area contributed by atoms with E-state index in [2.05, 4.69) is 0 Å². The Morgan fingerprint density at radius 2 is 2.24 bits per heavy atom. The average Bonchev–Trinajstić information content (AvgIpc) is 2.94. The van der Waals surface area contributed by atoms with Crippen LogP contribution in [0.1, 0.15) is 18.9 Å². The largest absolute Gasteiger partial charge is 0.452 e. The molecule has 108 valence electrons. The molecular formula is C15H14N2O4. The summed E-state index contributed by atoms with van der Waals surface area (Å²) < 4.78 is 10.2. The van der Waals surface area contributed by atoms with Crippen LogP contribution >= 0.6 is 0 Å². The fourth-order valence-electron chi connectivity index (χ4n) is 3.44. The van der Waals surface area contributed by atoms with Crippen molar-refractivity contribution in [2.45, 2.75) is 25.0 Å². The van der Waals surface area contributed by atoms with E-state index in [0.717, 1.165) is 5.56 Å². The van der Waals surface area contributed by atoms with Gasteiger partial charge in [-0.15, -0.1) is 0 Å². The smallest absolute Gasteiger partial charge is 0.417 e. The van der Waals surface area contributed by atoms with E-state index in [9.17, 15) is 14.9 Å². The molecule has 1 amide bonds. The van der Waals surface area contributed by atoms with Crippen LogP contribution in [0.4, 0.5) is 10.5 Å². The van der Waals surface area contributed by atoms with Gasteiger partial charge in [0.15, 0.2) is 12.1 Å². The Morgan fingerprint density at radius 3 is 2.86 bits per heavy atom. The third-order valence-electron chi connectivity index (χ3n) is 4.40. The van der Waals surface area contributed by atoms with Crippen molar-refractivity contribution in [2.75, 3.05) is 12.0 Å². The molecule has 2 aliphatic heterocycles. The van der Waals surface area contributed by atoms with Crippen LogP contribution in [-0.4, -0.2) is 25.4 Å². The third kappa shape index (κ3) is 1.46. The van der Waals surface area contributed by atoms with Crippen LogP contribution in [0.15, 0.2) is 24.3 Å². The minimum atomic E-state index is -0.927. The number of amides is 1. The molecule has 0 N–H and O–H groups in total. The number of para-hydroxylation sites is 1. The summed E-state index contributed by atoms with van der Waals surface area (Å²) in [4.78, 5) is 25.5. The van der Waals surface area contributed by atoms with Crippen molar-refractivity contribution in [3.8, 4) is 6.07 Å². The van der Waals surface area contributed by atoms with Crippen LogP contribution < -0.4 is 4.90 Å². The van der Waals surface area contributed by atoms with Crippen molar-refractivity contribution >= 4 is 17.7 Å². The Morgan fingerprint density at radius 1 is 1.52 bits per heavy atom. The molecule has 0 aromatic heterocycles. The Hall–Kier alpha value is -2.55. The molecule has 1 fully saturated rings. The number of hydrogen-bond acceptors (Lipinski definition) is 5. The molecule has 0 aliphatic carbocycles. The zero-order chi connectivity index (χ0) is 15.2. The number of esters is 1. The molecule has 0 unspecified atom stereocenters. The summed E-state index contributed by atoms with van der Waals surface area (Å²) >= 11 is 0. The van der Waals surface area contributed by atoms with Crippen molar-refractivity contribution < 1.29 is 19.1 Å². The van der Waals surface area contributed by atoms with Crippen LogP contribution in [0.2, 0.25) is 0 Å². The monoisotopic (exact) mass is 286 g/mol. The van der Waals surface area contributed by atoms with Gasteiger partial charge in [0.25, 0.3) is 0 Å². The van der Waals surface area contributed by atoms with Gasteiger partial charge in [0.2, 0.25) is 0 Å². The summed E-state index contributed by atoms with van der Waals surface area (Å²) in [6.07, 6.45) is -0.926. The van der Waals surface area contributed by atoms with E-state index in [1.807, 2.05) is 25.1 Å². The van der Waals surface area contributed by atoms with E-state index in [1.54, 1.807) is 12.1 Å².